The Balaban J connectivity index is 1.63. The largest absolute Gasteiger partial charge is 0.455 e. The molecule has 1 saturated carbocycles. The summed E-state index contributed by atoms with van der Waals surface area (Å²) in [5.74, 6) is 1.17. The van der Waals surface area contributed by atoms with Gasteiger partial charge in [-0.3, -0.25) is 9.59 Å². The smallest absolute Gasteiger partial charge is 0.257 e. The van der Waals surface area contributed by atoms with E-state index in [0.717, 1.165) is 18.5 Å². The highest BCUT2D eigenvalue weighted by Gasteiger charge is 2.43. The highest BCUT2D eigenvalue weighted by molar-refractivity contribution is 6.05. The summed E-state index contributed by atoms with van der Waals surface area (Å²) in [4.78, 5) is 28.3. The van der Waals surface area contributed by atoms with E-state index in [-0.39, 0.29) is 11.3 Å². The lowest BCUT2D eigenvalue weighted by atomic mass is 9.76. The lowest BCUT2D eigenvalue weighted by Gasteiger charge is -2.51. The zero-order valence-corrected chi connectivity index (χ0v) is 16.0. The Morgan fingerprint density at radius 3 is 2.61 bits per heavy atom. The molecule has 1 aliphatic heterocycles. The fourth-order valence-corrected chi connectivity index (χ4v) is 4.79. The van der Waals surface area contributed by atoms with Gasteiger partial charge in [0.1, 0.15) is 5.76 Å². The van der Waals surface area contributed by atoms with Gasteiger partial charge >= 0.3 is 0 Å². The molecule has 2 heterocycles. The van der Waals surface area contributed by atoms with Gasteiger partial charge in [-0.2, -0.15) is 0 Å². The number of likely N-dealkylation sites (tertiary alicyclic amines) is 1. The van der Waals surface area contributed by atoms with Crippen molar-refractivity contribution in [3.8, 4) is 11.3 Å². The summed E-state index contributed by atoms with van der Waals surface area (Å²) >= 11 is 0. The van der Waals surface area contributed by atoms with Crippen molar-refractivity contribution in [1.29, 1.82) is 0 Å². The number of carbonyl (C=O) groups is 1. The molecule has 0 spiro atoms. The molecule has 0 radical (unpaired) electrons. The molecule has 1 saturated heterocycles. The van der Waals surface area contributed by atoms with Crippen LogP contribution in [0.5, 0.6) is 0 Å². The number of para-hydroxylation sites is 1. The molecule has 0 unspecified atom stereocenters. The molecule has 2 atom stereocenters. The number of fused-ring (bicyclic) bond motifs is 2. The average Bonchev–Trinajstić information content (AvgIpc) is 2.71. The second-order valence-corrected chi connectivity index (χ2v) is 8.00. The highest BCUT2D eigenvalue weighted by atomic mass is 16.3. The maximum absolute atomic E-state index is 13.3. The zero-order chi connectivity index (χ0) is 19.3. The first-order valence-corrected chi connectivity index (χ1v) is 10.1. The normalized spacial score (nSPS) is 21.2. The Bertz CT molecular complexity index is 1120. The summed E-state index contributed by atoms with van der Waals surface area (Å²) in [5.41, 5.74) is 2.24. The van der Waals surface area contributed by atoms with E-state index in [0.29, 0.717) is 39.8 Å². The number of hydrogen-bond donors (Lipinski definition) is 0. The summed E-state index contributed by atoms with van der Waals surface area (Å²) in [6, 6.07) is 15.3. The second-order valence-electron chi connectivity index (χ2n) is 8.00. The molecule has 0 N–H and O–H groups in total. The van der Waals surface area contributed by atoms with E-state index in [1.165, 1.54) is 19.3 Å². The third-order valence-corrected chi connectivity index (χ3v) is 6.37. The molecule has 0 bridgehead atoms. The summed E-state index contributed by atoms with van der Waals surface area (Å²) in [6.07, 6.45) is 4.76. The first-order chi connectivity index (χ1) is 13.6. The molecule has 142 valence electrons. The molecule has 2 aromatic carbocycles. The van der Waals surface area contributed by atoms with Crippen molar-refractivity contribution in [2.75, 3.05) is 6.54 Å². The Kier molecular flexibility index (Phi) is 4.08. The van der Waals surface area contributed by atoms with E-state index in [2.05, 4.69) is 0 Å². The molecule has 4 nitrogen and oxygen atoms in total. The van der Waals surface area contributed by atoms with Crippen molar-refractivity contribution in [1.82, 2.24) is 4.90 Å². The van der Waals surface area contributed by atoms with Gasteiger partial charge < -0.3 is 9.32 Å². The van der Waals surface area contributed by atoms with Crippen LogP contribution in [0.3, 0.4) is 0 Å². The van der Waals surface area contributed by atoms with E-state index in [1.54, 1.807) is 25.1 Å². The molecule has 1 aliphatic carbocycles. The topological polar surface area (TPSA) is 50.5 Å². The lowest BCUT2D eigenvalue weighted by molar-refractivity contribution is -0.00356. The van der Waals surface area contributed by atoms with Crippen LogP contribution in [0, 0.1) is 12.8 Å². The Labute approximate surface area is 163 Å². The van der Waals surface area contributed by atoms with Crippen molar-refractivity contribution < 1.29 is 9.21 Å². The van der Waals surface area contributed by atoms with E-state index >= 15 is 0 Å². The van der Waals surface area contributed by atoms with Gasteiger partial charge in [-0.1, -0.05) is 49.2 Å². The molecule has 3 aromatic rings. The molecular formula is C24H23NO3. The molecule has 1 amide bonds. The van der Waals surface area contributed by atoms with Gasteiger partial charge in [-0.15, -0.1) is 0 Å². The maximum Gasteiger partial charge on any atom is 0.257 e. The minimum absolute atomic E-state index is 0.0141. The van der Waals surface area contributed by atoms with Crippen molar-refractivity contribution in [2.24, 2.45) is 5.92 Å². The van der Waals surface area contributed by atoms with Gasteiger partial charge in [-0.05, 0) is 37.8 Å². The van der Waals surface area contributed by atoms with Gasteiger partial charge in [0.05, 0.1) is 10.9 Å². The predicted molar refractivity (Wildman–Crippen MR) is 109 cm³/mol. The van der Waals surface area contributed by atoms with Gasteiger partial charge in [-0.25, -0.2) is 0 Å². The Morgan fingerprint density at radius 1 is 1.04 bits per heavy atom. The quantitative estimate of drug-likeness (QED) is 0.649. The van der Waals surface area contributed by atoms with Crippen LogP contribution < -0.4 is 5.43 Å². The Morgan fingerprint density at radius 2 is 1.82 bits per heavy atom. The summed E-state index contributed by atoms with van der Waals surface area (Å²) in [7, 11) is 0. The van der Waals surface area contributed by atoms with Crippen LogP contribution in [0.15, 0.2) is 57.7 Å². The molecule has 28 heavy (non-hydrogen) atoms. The molecular weight excluding hydrogens is 350 g/mol. The van der Waals surface area contributed by atoms with Crippen molar-refractivity contribution in [3.05, 3.63) is 69.9 Å². The van der Waals surface area contributed by atoms with Gasteiger partial charge in [0.25, 0.3) is 5.91 Å². The van der Waals surface area contributed by atoms with Crippen molar-refractivity contribution in [3.63, 3.8) is 0 Å². The average molecular weight is 373 g/mol. The Hall–Kier alpha value is -2.88. The molecule has 2 fully saturated rings. The van der Waals surface area contributed by atoms with Crippen molar-refractivity contribution >= 4 is 16.9 Å². The van der Waals surface area contributed by atoms with Crippen LogP contribution in [-0.2, 0) is 0 Å². The van der Waals surface area contributed by atoms with Crippen LogP contribution >= 0.6 is 0 Å². The molecule has 4 heteroatoms. The number of benzene rings is 2. The number of rotatable bonds is 2. The standard InChI is InChI=1S/C24H23NO3/c1-15-21(26)18-11-7-12-19(23(18)28-22(15)16-8-3-2-4-9-16)24(27)25-14-17-10-5-6-13-20(17)25/h2-4,7-9,11-12,17,20H,5-6,10,13-14H2,1H3/t17-,20-/m0/s1. The summed E-state index contributed by atoms with van der Waals surface area (Å²) < 4.78 is 6.22. The van der Waals surface area contributed by atoms with E-state index in [4.69, 9.17) is 4.42 Å². The monoisotopic (exact) mass is 373 g/mol. The van der Waals surface area contributed by atoms with Crippen LogP contribution in [0.2, 0.25) is 0 Å². The highest BCUT2D eigenvalue weighted by Crippen LogP contribution is 2.38. The first-order valence-electron chi connectivity index (χ1n) is 10.1. The minimum Gasteiger partial charge on any atom is -0.455 e. The van der Waals surface area contributed by atoms with E-state index < -0.39 is 0 Å². The fraction of sp³-hybridized carbons (Fsp3) is 0.333. The van der Waals surface area contributed by atoms with Gasteiger partial charge in [0, 0.05) is 23.7 Å². The van der Waals surface area contributed by atoms with Crippen LogP contribution in [0.4, 0.5) is 0 Å². The molecule has 5 rings (SSSR count). The molecule has 1 aromatic heterocycles. The maximum atomic E-state index is 13.3. The third kappa shape index (κ3) is 2.59. The predicted octanol–water partition coefficient (Wildman–Crippen LogP) is 4.78. The van der Waals surface area contributed by atoms with E-state index in [1.807, 2.05) is 35.2 Å². The number of amides is 1. The number of nitrogens with zero attached hydrogens (tertiary/aromatic N) is 1. The van der Waals surface area contributed by atoms with Gasteiger partial charge in [0.2, 0.25) is 0 Å². The summed E-state index contributed by atoms with van der Waals surface area (Å²) in [6.45, 7) is 2.60. The van der Waals surface area contributed by atoms with Crippen LogP contribution in [-0.4, -0.2) is 23.4 Å². The van der Waals surface area contributed by atoms with Crippen LogP contribution in [0.25, 0.3) is 22.3 Å². The minimum atomic E-state index is -0.0751. The van der Waals surface area contributed by atoms with Crippen LogP contribution in [0.1, 0.15) is 41.6 Å². The second kappa shape index (κ2) is 6.62. The first kappa shape index (κ1) is 17.2. The molecule has 2 aliphatic rings. The van der Waals surface area contributed by atoms with Crippen molar-refractivity contribution in [2.45, 2.75) is 38.6 Å². The lowest BCUT2D eigenvalue weighted by Crippen LogP contribution is -2.59. The SMILES string of the molecule is Cc1c(-c2ccccc2)oc2c(C(=O)N3C[C@@H]4CCCC[C@@H]43)cccc2c1=O. The van der Waals surface area contributed by atoms with E-state index in [9.17, 15) is 9.59 Å². The summed E-state index contributed by atoms with van der Waals surface area (Å²) in [5, 5.41) is 0.476. The third-order valence-electron chi connectivity index (χ3n) is 6.37. The zero-order valence-electron chi connectivity index (χ0n) is 16.0. The number of hydrogen-bond acceptors (Lipinski definition) is 3. The number of carbonyl (C=O) groups excluding carboxylic acids is 1. The van der Waals surface area contributed by atoms with Gasteiger partial charge in [0.15, 0.2) is 11.0 Å². The fourth-order valence-electron chi connectivity index (χ4n) is 4.79.